The molecule has 1 saturated heterocycles. The zero-order chi connectivity index (χ0) is 23.5. The first kappa shape index (κ1) is 22.9. The highest BCUT2D eigenvalue weighted by atomic mass is 16.5. The van der Waals surface area contributed by atoms with E-state index in [0.717, 1.165) is 47.5 Å². The van der Waals surface area contributed by atoms with Gasteiger partial charge >= 0.3 is 0 Å². The van der Waals surface area contributed by atoms with Crippen LogP contribution >= 0.6 is 0 Å². The summed E-state index contributed by atoms with van der Waals surface area (Å²) in [5, 5.41) is 4.04. The lowest BCUT2D eigenvalue weighted by atomic mass is 9.96. The Morgan fingerprint density at radius 1 is 1.24 bits per heavy atom. The molecule has 0 bridgehead atoms. The molecule has 8 nitrogen and oxygen atoms in total. The maximum absolute atomic E-state index is 13.0. The molecule has 0 saturated carbocycles. The summed E-state index contributed by atoms with van der Waals surface area (Å²) >= 11 is 0. The molecule has 1 fully saturated rings. The number of furan rings is 1. The first-order chi connectivity index (χ1) is 15.9. The summed E-state index contributed by atoms with van der Waals surface area (Å²) < 4.78 is 16.8. The summed E-state index contributed by atoms with van der Waals surface area (Å²) in [4.78, 5) is 24.4. The number of fused-ring (bicyclic) bond motifs is 1. The topological polar surface area (TPSA) is 89.7 Å². The normalized spacial score (nSPS) is 16.2. The quantitative estimate of drug-likeness (QED) is 0.577. The van der Waals surface area contributed by atoms with Crippen molar-refractivity contribution in [3.63, 3.8) is 0 Å². The highest BCUT2D eigenvalue weighted by Gasteiger charge is 2.29. The number of anilines is 1. The average Bonchev–Trinajstić information content (AvgIpc) is 3.10. The molecule has 1 aromatic carbocycles. The SMILES string of the molecule is CCOc1ccc(CNC(=O)[C@H]2CCCN(c3nc(C)nc4oc(C)c(C)c34)C2)cc1OC. The predicted molar refractivity (Wildman–Crippen MR) is 127 cm³/mol. The van der Waals surface area contributed by atoms with E-state index in [9.17, 15) is 4.79 Å². The molecule has 176 valence electrons. The highest BCUT2D eigenvalue weighted by molar-refractivity contribution is 5.90. The molecule has 1 N–H and O–H groups in total. The Morgan fingerprint density at radius 2 is 2.06 bits per heavy atom. The van der Waals surface area contributed by atoms with E-state index in [1.165, 1.54) is 0 Å². The predicted octanol–water partition coefficient (Wildman–Crippen LogP) is 4.09. The van der Waals surface area contributed by atoms with Gasteiger partial charge in [0, 0.05) is 25.2 Å². The van der Waals surface area contributed by atoms with Crippen LogP contribution in [0.4, 0.5) is 5.82 Å². The fourth-order valence-electron chi connectivity index (χ4n) is 4.37. The van der Waals surface area contributed by atoms with Crippen molar-refractivity contribution in [2.45, 2.75) is 47.1 Å². The van der Waals surface area contributed by atoms with Crippen molar-refractivity contribution in [3.05, 3.63) is 40.9 Å². The van der Waals surface area contributed by atoms with E-state index in [4.69, 9.17) is 18.9 Å². The van der Waals surface area contributed by atoms with E-state index in [1.54, 1.807) is 7.11 Å². The lowest BCUT2D eigenvalue weighted by Crippen LogP contribution is -2.43. The Kier molecular flexibility index (Phi) is 6.72. The number of rotatable bonds is 7. The minimum atomic E-state index is -0.109. The lowest BCUT2D eigenvalue weighted by molar-refractivity contribution is -0.125. The van der Waals surface area contributed by atoms with Gasteiger partial charge < -0.3 is 24.1 Å². The van der Waals surface area contributed by atoms with Crippen molar-refractivity contribution in [1.29, 1.82) is 0 Å². The summed E-state index contributed by atoms with van der Waals surface area (Å²) in [6.45, 7) is 10.3. The zero-order valence-corrected chi connectivity index (χ0v) is 20.0. The first-order valence-corrected chi connectivity index (χ1v) is 11.5. The van der Waals surface area contributed by atoms with Gasteiger partial charge in [0.05, 0.1) is 25.0 Å². The number of carbonyl (C=O) groups is 1. The molecule has 1 amide bonds. The van der Waals surface area contributed by atoms with Gasteiger partial charge in [-0.3, -0.25) is 4.79 Å². The summed E-state index contributed by atoms with van der Waals surface area (Å²) in [7, 11) is 1.62. The molecule has 0 unspecified atom stereocenters. The number of hydrogen-bond donors (Lipinski definition) is 1. The number of methoxy groups -OCH3 is 1. The molecule has 0 radical (unpaired) electrons. The van der Waals surface area contributed by atoms with E-state index in [0.29, 0.717) is 42.7 Å². The molecule has 4 rings (SSSR count). The van der Waals surface area contributed by atoms with Gasteiger partial charge in [-0.25, -0.2) is 4.98 Å². The van der Waals surface area contributed by atoms with Gasteiger partial charge in [-0.2, -0.15) is 4.98 Å². The number of nitrogens with zero attached hydrogens (tertiary/aromatic N) is 3. The Labute approximate surface area is 194 Å². The number of ether oxygens (including phenoxy) is 2. The molecular weight excluding hydrogens is 420 g/mol. The number of aromatic nitrogens is 2. The highest BCUT2D eigenvalue weighted by Crippen LogP contribution is 2.33. The van der Waals surface area contributed by atoms with Crippen LogP contribution in [0.5, 0.6) is 11.5 Å². The number of piperidine rings is 1. The van der Waals surface area contributed by atoms with Gasteiger partial charge in [0.1, 0.15) is 17.4 Å². The van der Waals surface area contributed by atoms with E-state index in [1.807, 2.05) is 45.9 Å². The van der Waals surface area contributed by atoms with Crippen LogP contribution in [0.1, 0.15) is 42.5 Å². The van der Waals surface area contributed by atoms with Crippen molar-refractivity contribution >= 4 is 22.8 Å². The summed E-state index contributed by atoms with van der Waals surface area (Å²) in [6, 6.07) is 5.73. The second-order valence-electron chi connectivity index (χ2n) is 8.48. The molecule has 3 heterocycles. The van der Waals surface area contributed by atoms with E-state index < -0.39 is 0 Å². The van der Waals surface area contributed by atoms with E-state index >= 15 is 0 Å². The Morgan fingerprint density at radius 3 is 2.82 bits per heavy atom. The van der Waals surface area contributed by atoms with Gasteiger partial charge in [0.15, 0.2) is 11.5 Å². The zero-order valence-electron chi connectivity index (χ0n) is 20.0. The monoisotopic (exact) mass is 452 g/mol. The molecule has 0 aliphatic carbocycles. The van der Waals surface area contributed by atoms with E-state index in [-0.39, 0.29) is 11.8 Å². The molecule has 1 atom stereocenters. The summed E-state index contributed by atoms with van der Waals surface area (Å²) in [5.74, 6) is 3.69. The molecule has 1 aliphatic rings. The number of hydrogen-bond acceptors (Lipinski definition) is 7. The van der Waals surface area contributed by atoms with Crippen LogP contribution in [-0.4, -0.2) is 42.7 Å². The molecule has 0 spiro atoms. The van der Waals surface area contributed by atoms with Crippen LogP contribution in [0, 0.1) is 26.7 Å². The Balaban J connectivity index is 1.46. The van der Waals surface area contributed by atoms with Crippen LogP contribution in [0.3, 0.4) is 0 Å². The van der Waals surface area contributed by atoms with Crippen LogP contribution in [0.25, 0.3) is 11.1 Å². The molecular formula is C25H32N4O4. The number of benzene rings is 1. The second-order valence-corrected chi connectivity index (χ2v) is 8.48. The van der Waals surface area contributed by atoms with Gasteiger partial charge in [0.25, 0.3) is 0 Å². The van der Waals surface area contributed by atoms with Crippen LogP contribution < -0.4 is 19.7 Å². The van der Waals surface area contributed by atoms with Crippen LogP contribution in [0.15, 0.2) is 22.6 Å². The van der Waals surface area contributed by atoms with Crippen molar-refractivity contribution in [2.24, 2.45) is 5.92 Å². The third kappa shape index (κ3) is 4.74. The number of nitrogens with one attached hydrogen (secondary N) is 1. The van der Waals surface area contributed by atoms with Crippen LogP contribution in [0.2, 0.25) is 0 Å². The number of carbonyl (C=O) groups excluding carboxylic acids is 1. The molecule has 2 aromatic heterocycles. The lowest BCUT2D eigenvalue weighted by Gasteiger charge is -2.33. The molecule has 33 heavy (non-hydrogen) atoms. The molecule has 3 aromatic rings. The number of amides is 1. The summed E-state index contributed by atoms with van der Waals surface area (Å²) in [5.41, 5.74) is 2.63. The van der Waals surface area contributed by atoms with Gasteiger partial charge in [-0.1, -0.05) is 6.07 Å². The minimum absolute atomic E-state index is 0.0506. The van der Waals surface area contributed by atoms with Gasteiger partial charge in [0.2, 0.25) is 11.6 Å². The van der Waals surface area contributed by atoms with Crippen molar-refractivity contribution in [3.8, 4) is 11.5 Å². The Hall–Kier alpha value is -3.29. The van der Waals surface area contributed by atoms with Crippen LogP contribution in [-0.2, 0) is 11.3 Å². The maximum Gasteiger partial charge on any atom is 0.231 e. The van der Waals surface area contributed by atoms with Crippen molar-refractivity contribution in [1.82, 2.24) is 15.3 Å². The van der Waals surface area contributed by atoms with Gasteiger partial charge in [-0.15, -0.1) is 0 Å². The maximum atomic E-state index is 13.0. The standard InChI is InChI=1S/C25H32N4O4/c1-6-32-20-10-9-18(12-21(20)31-5)13-26-24(30)19-8-7-11-29(14-19)23-22-15(2)16(3)33-25(22)28-17(4)27-23/h9-10,12,19H,6-8,11,13-14H2,1-5H3,(H,26,30)/t19-/m0/s1. The number of aryl methyl sites for hydroxylation is 3. The largest absolute Gasteiger partial charge is 0.493 e. The fourth-order valence-corrected chi connectivity index (χ4v) is 4.37. The second kappa shape index (κ2) is 9.68. The average molecular weight is 453 g/mol. The minimum Gasteiger partial charge on any atom is -0.493 e. The molecule has 1 aliphatic heterocycles. The summed E-state index contributed by atoms with van der Waals surface area (Å²) in [6.07, 6.45) is 1.78. The third-order valence-corrected chi connectivity index (χ3v) is 6.21. The fraction of sp³-hybridized carbons (Fsp3) is 0.480. The van der Waals surface area contributed by atoms with Crippen molar-refractivity contribution in [2.75, 3.05) is 31.7 Å². The Bertz CT molecular complexity index is 1160. The third-order valence-electron chi connectivity index (χ3n) is 6.21. The van der Waals surface area contributed by atoms with Gasteiger partial charge in [-0.05, 0) is 58.2 Å². The van der Waals surface area contributed by atoms with E-state index in [2.05, 4.69) is 15.2 Å². The van der Waals surface area contributed by atoms with Crippen molar-refractivity contribution < 1.29 is 18.7 Å². The molecule has 8 heteroatoms. The first-order valence-electron chi connectivity index (χ1n) is 11.5. The smallest absolute Gasteiger partial charge is 0.231 e.